The summed E-state index contributed by atoms with van der Waals surface area (Å²) in [6.45, 7) is 1.58. The first kappa shape index (κ1) is 91.6. The SMILES string of the molecule is CC/C=C\C/C=C\C/C=C\C/C=C\C/C=C\C/C=C\C/C=C\C/C=C\C/C=C\C/C=C\C/C=C\C/C=C\CCCCCCC(=O)NC(COC1OC(CO)C(OC2OC(CO)C(OC3OC(CO)C(O)C(O)C3O)C(O)C2O)C(O)C1O)C(O)/C=C/CCCCCCCCCCCCCCCC. The van der Waals surface area contributed by atoms with Crippen LogP contribution in [0.2, 0.25) is 0 Å². The van der Waals surface area contributed by atoms with Crippen LogP contribution in [0.3, 0.4) is 0 Å². The zero-order valence-electron chi connectivity index (χ0n) is 61.8. The van der Waals surface area contributed by atoms with Gasteiger partial charge in [0.2, 0.25) is 5.91 Å². The lowest BCUT2D eigenvalue weighted by Crippen LogP contribution is -2.66. The minimum absolute atomic E-state index is 0.203. The van der Waals surface area contributed by atoms with Crippen LogP contribution in [-0.4, -0.2) is 193 Å². The van der Waals surface area contributed by atoms with Gasteiger partial charge in [-0.05, 0) is 109 Å². The highest BCUT2D eigenvalue weighted by atomic mass is 16.8. The Balaban J connectivity index is 1.36. The molecule has 0 radical (unpaired) electrons. The van der Waals surface area contributed by atoms with Crippen LogP contribution < -0.4 is 5.32 Å². The Morgan fingerprint density at radius 3 is 1.06 bits per heavy atom. The van der Waals surface area contributed by atoms with Gasteiger partial charge in [-0.2, -0.15) is 0 Å². The fourth-order valence-electron chi connectivity index (χ4n) is 11.9. The normalized spacial score (nSPS) is 27.1. The highest BCUT2D eigenvalue weighted by Gasteiger charge is 2.53. The first-order valence-corrected chi connectivity index (χ1v) is 38.7. The topological polar surface area (TPSA) is 307 Å². The van der Waals surface area contributed by atoms with Crippen LogP contribution in [0.4, 0.5) is 0 Å². The van der Waals surface area contributed by atoms with Gasteiger partial charge in [-0.1, -0.05) is 268 Å². The zero-order valence-corrected chi connectivity index (χ0v) is 61.8. The molecule has 19 heteroatoms. The minimum atomic E-state index is -1.99. The van der Waals surface area contributed by atoms with Gasteiger partial charge in [-0.25, -0.2) is 0 Å². The van der Waals surface area contributed by atoms with E-state index in [0.717, 1.165) is 128 Å². The van der Waals surface area contributed by atoms with Crippen molar-refractivity contribution in [3.05, 3.63) is 158 Å². The molecule has 0 spiro atoms. The standard InChI is InChI=1S/C83H135NO18/c1-3-5-7-9-11-13-15-17-19-21-22-23-24-25-26-27-28-29-30-31-32-33-34-35-36-37-38-39-40-41-42-43-44-45-47-49-51-53-55-57-59-61-71(89)84-66(67(88)60-58-56-54-52-50-48-46-20-18-16-14-12-10-8-6-4-2)65-97-81-77(95)74(92)79(69(63-86)99-81)102-83-78(96)75(93)80(70(64-87)100-83)101-82-76(94)73(91)72(90)68(62-85)98-82/h5,7,11,13,17,19,22-23,25-26,28-29,31-32,34-35,37-38,40-41,43-44,47,49,58,60,66-70,72-83,85-88,90-96H,3-4,6,8-10,12,14-16,18,20-21,24,27,30,33,36,39,42,45-46,48,50-57,59,61-65H2,1-2H3,(H,84,89)/b7-5-,13-11-,19-17-,23-22-,26-25-,29-28-,32-31-,35-34-,38-37-,41-40-,44-43-,49-47-,60-58+. The quantitative estimate of drug-likeness (QED) is 0.0199. The molecule has 0 aromatic rings. The summed E-state index contributed by atoms with van der Waals surface area (Å²) in [5.74, 6) is -0.306. The Morgan fingerprint density at radius 2 is 0.676 bits per heavy atom. The number of hydrogen-bond acceptors (Lipinski definition) is 18. The molecule has 0 aromatic carbocycles. The van der Waals surface area contributed by atoms with Crippen LogP contribution >= 0.6 is 0 Å². The number of carbonyl (C=O) groups is 1. The zero-order chi connectivity index (χ0) is 73.9. The average molecular weight is 1430 g/mol. The van der Waals surface area contributed by atoms with E-state index in [0.29, 0.717) is 6.42 Å². The van der Waals surface area contributed by atoms with Gasteiger partial charge in [0.15, 0.2) is 18.9 Å². The highest BCUT2D eigenvalue weighted by molar-refractivity contribution is 5.76. The van der Waals surface area contributed by atoms with E-state index in [4.69, 9.17) is 28.4 Å². The molecule has 3 aliphatic rings. The summed E-state index contributed by atoms with van der Waals surface area (Å²) in [6.07, 6.45) is 63.6. The van der Waals surface area contributed by atoms with Crippen molar-refractivity contribution in [2.24, 2.45) is 0 Å². The smallest absolute Gasteiger partial charge is 0.220 e. The number of ether oxygens (including phenoxy) is 6. The van der Waals surface area contributed by atoms with E-state index in [1.54, 1.807) is 6.08 Å². The van der Waals surface area contributed by atoms with Gasteiger partial charge in [0.1, 0.15) is 73.2 Å². The van der Waals surface area contributed by atoms with Crippen molar-refractivity contribution in [1.29, 1.82) is 0 Å². The van der Waals surface area contributed by atoms with E-state index in [1.807, 2.05) is 6.08 Å². The van der Waals surface area contributed by atoms with Crippen molar-refractivity contribution in [3.63, 3.8) is 0 Å². The van der Waals surface area contributed by atoms with Crippen LogP contribution in [0.5, 0.6) is 0 Å². The number of nitrogens with one attached hydrogen (secondary N) is 1. The maximum atomic E-state index is 13.4. The number of allylic oxidation sites excluding steroid dienone is 25. The van der Waals surface area contributed by atoms with E-state index >= 15 is 0 Å². The summed E-state index contributed by atoms with van der Waals surface area (Å²) >= 11 is 0. The lowest BCUT2D eigenvalue weighted by Gasteiger charge is -2.48. The van der Waals surface area contributed by atoms with Gasteiger partial charge in [0.05, 0.1) is 38.6 Å². The van der Waals surface area contributed by atoms with Crippen molar-refractivity contribution >= 4 is 5.91 Å². The number of hydrogen-bond donors (Lipinski definition) is 12. The number of amides is 1. The van der Waals surface area contributed by atoms with Crippen molar-refractivity contribution in [3.8, 4) is 0 Å². The van der Waals surface area contributed by atoms with E-state index < -0.39 is 124 Å². The molecule has 17 atom stereocenters. The Bertz CT molecular complexity index is 2460. The third-order valence-corrected chi connectivity index (χ3v) is 18.1. The Hall–Kier alpha value is -4.59. The Kier molecular flexibility index (Phi) is 55.3. The lowest BCUT2D eigenvalue weighted by molar-refractivity contribution is -0.379. The molecule has 0 bridgehead atoms. The molecule has 3 fully saturated rings. The van der Waals surface area contributed by atoms with E-state index in [2.05, 4.69) is 165 Å². The summed E-state index contributed by atoms with van der Waals surface area (Å²) in [5.41, 5.74) is 0. The summed E-state index contributed by atoms with van der Waals surface area (Å²) in [6, 6.07) is -0.999. The van der Waals surface area contributed by atoms with Gasteiger partial charge < -0.3 is 89.9 Å². The van der Waals surface area contributed by atoms with Gasteiger partial charge >= 0.3 is 0 Å². The van der Waals surface area contributed by atoms with Crippen molar-refractivity contribution in [2.75, 3.05) is 26.4 Å². The van der Waals surface area contributed by atoms with Crippen LogP contribution in [0.1, 0.15) is 226 Å². The first-order chi connectivity index (χ1) is 49.8. The van der Waals surface area contributed by atoms with E-state index in [1.165, 1.54) is 70.6 Å². The van der Waals surface area contributed by atoms with Crippen LogP contribution in [-0.2, 0) is 33.2 Å². The predicted molar refractivity (Wildman–Crippen MR) is 405 cm³/mol. The molecule has 0 aromatic heterocycles. The average Bonchev–Trinajstić information content (AvgIpc) is 0.755. The maximum absolute atomic E-state index is 13.4. The van der Waals surface area contributed by atoms with Gasteiger partial charge in [0, 0.05) is 6.42 Å². The molecule has 12 N–H and O–H groups in total. The number of aliphatic hydroxyl groups is 11. The van der Waals surface area contributed by atoms with Crippen molar-refractivity contribution in [1.82, 2.24) is 5.32 Å². The van der Waals surface area contributed by atoms with E-state index in [9.17, 15) is 61.0 Å². The molecule has 3 rings (SSSR count). The van der Waals surface area contributed by atoms with Crippen LogP contribution in [0.15, 0.2) is 158 Å². The Labute approximate surface area is 612 Å². The van der Waals surface area contributed by atoms with Crippen LogP contribution in [0, 0.1) is 0 Å². The number of aliphatic hydroxyl groups excluding tert-OH is 11. The summed E-state index contributed by atoms with van der Waals surface area (Å²) in [4.78, 5) is 13.4. The molecule has 3 aliphatic heterocycles. The van der Waals surface area contributed by atoms with Crippen molar-refractivity contribution in [2.45, 2.75) is 330 Å². The summed E-state index contributed by atoms with van der Waals surface area (Å²) in [5, 5.41) is 121. The second-order valence-electron chi connectivity index (χ2n) is 26.7. The number of unbranched alkanes of at least 4 members (excludes halogenated alkanes) is 18. The van der Waals surface area contributed by atoms with Gasteiger partial charge in [-0.15, -0.1) is 0 Å². The lowest BCUT2D eigenvalue weighted by atomic mass is 9.96. The minimum Gasteiger partial charge on any atom is -0.394 e. The Morgan fingerprint density at radius 1 is 0.363 bits per heavy atom. The number of rotatable bonds is 58. The molecular weight excluding hydrogens is 1300 g/mol. The fraction of sp³-hybridized carbons (Fsp3) is 0.675. The van der Waals surface area contributed by atoms with Gasteiger partial charge in [0.25, 0.3) is 0 Å². The largest absolute Gasteiger partial charge is 0.394 e. The monoisotopic (exact) mass is 1430 g/mol. The molecule has 102 heavy (non-hydrogen) atoms. The second kappa shape index (κ2) is 61.6. The molecule has 3 heterocycles. The molecular formula is C83H135NO18. The summed E-state index contributed by atoms with van der Waals surface area (Å²) < 4.78 is 34.4. The van der Waals surface area contributed by atoms with Gasteiger partial charge in [-0.3, -0.25) is 4.79 Å². The van der Waals surface area contributed by atoms with E-state index in [-0.39, 0.29) is 18.9 Å². The molecule has 3 saturated heterocycles. The third kappa shape index (κ3) is 41.3. The fourth-order valence-corrected chi connectivity index (χ4v) is 11.9. The number of carbonyl (C=O) groups excluding carboxylic acids is 1. The third-order valence-electron chi connectivity index (χ3n) is 18.1. The molecule has 0 saturated carbocycles. The summed E-state index contributed by atoms with van der Waals surface area (Å²) in [7, 11) is 0. The first-order valence-electron chi connectivity index (χ1n) is 38.7. The molecule has 0 aliphatic carbocycles. The molecule has 580 valence electrons. The molecule has 19 nitrogen and oxygen atoms in total. The molecule has 17 unspecified atom stereocenters. The predicted octanol–water partition coefficient (Wildman–Crippen LogP) is 12.4. The maximum Gasteiger partial charge on any atom is 0.220 e. The second-order valence-corrected chi connectivity index (χ2v) is 26.7. The van der Waals surface area contributed by atoms with Crippen LogP contribution in [0.25, 0.3) is 0 Å². The molecule has 1 amide bonds. The van der Waals surface area contributed by atoms with Crippen molar-refractivity contribution < 1.29 is 89.4 Å². The highest BCUT2D eigenvalue weighted by Crippen LogP contribution is 2.33.